The Morgan fingerprint density at radius 2 is 1.68 bits per heavy atom. The maximum Gasteiger partial charge on any atom is 0.270 e. The Balaban J connectivity index is 1.86. The van der Waals surface area contributed by atoms with Gasteiger partial charge < -0.3 is 10.6 Å². The molecule has 7 nitrogen and oxygen atoms in total. The molecule has 0 fully saturated rings. The fourth-order valence-corrected chi connectivity index (χ4v) is 2.99. The van der Waals surface area contributed by atoms with E-state index >= 15 is 0 Å². The first-order valence-electron chi connectivity index (χ1n) is 9.27. The lowest BCUT2D eigenvalue weighted by Crippen LogP contribution is -2.34. The van der Waals surface area contributed by atoms with Crippen LogP contribution in [0.25, 0.3) is 6.08 Å². The number of non-ortho nitro benzene ring substituents is 1. The number of hydrogen-bond donors (Lipinski definition) is 2. The van der Waals surface area contributed by atoms with Crippen molar-refractivity contribution in [3.63, 3.8) is 0 Å². The molecule has 0 saturated carbocycles. The number of rotatable bonds is 7. The first-order chi connectivity index (χ1) is 14.9. The molecule has 0 atom stereocenters. The molecule has 0 saturated heterocycles. The van der Waals surface area contributed by atoms with E-state index in [1.165, 1.54) is 24.3 Å². The van der Waals surface area contributed by atoms with E-state index in [0.29, 0.717) is 11.1 Å². The minimum absolute atomic E-state index is 0.0238. The lowest BCUT2D eigenvalue weighted by atomic mass is 10.1. The van der Waals surface area contributed by atoms with Crippen LogP contribution >= 0.6 is 15.9 Å². The molecule has 2 amide bonds. The molecule has 2 N–H and O–H groups in total. The van der Waals surface area contributed by atoms with Crippen LogP contribution in [0.4, 0.5) is 5.69 Å². The van der Waals surface area contributed by atoms with Gasteiger partial charge in [0.05, 0.1) is 4.92 Å². The number of nitro groups is 1. The third-order valence-electron chi connectivity index (χ3n) is 4.29. The molecule has 0 aliphatic heterocycles. The van der Waals surface area contributed by atoms with Crippen molar-refractivity contribution in [2.45, 2.75) is 6.54 Å². The molecule has 3 rings (SSSR count). The largest absolute Gasteiger partial charge is 0.347 e. The summed E-state index contributed by atoms with van der Waals surface area (Å²) in [7, 11) is 0. The minimum atomic E-state index is -0.521. The second-order valence-electron chi connectivity index (χ2n) is 6.54. The molecule has 0 unspecified atom stereocenters. The molecule has 0 heterocycles. The smallest absolute Gasteiger partial charge is 0.270 e. The highest BCUT2D eigenvalue weighted by atomic mass is 79.9. The molecule has 0 aliphatic rings. The maximum atomic E-state index is 12.8. The Kier molecular flexibility index (Phi) is 7.29. The normalized spacial score (nSPS) is 10.9. The van der Waals surface area contributed by atoms with Crippen LogP contribution in [0.1, 0.15) is 21.5 Å². The van der Waals surface area contributed by atoms with E-state index in [1.54, 1.807) is 30.3 Å². The number of hydrogen-bond acceptors (Lipinski definition) is 4. The standard InChI is InChI=1S/C23H18BrN3O4/c24-19-11-9-18(10-12-19)22(28)26-21(14-17-7-4-8-20(13-17)27(30)31)23(29)25-15-16-5-2-1-3-6-16/h1-14H,15H2,(H,25,29)(H,26,28)/b21-14-. The van der Waals surface area contributed by atoms with Crippen molar-refractivity contribution in [1.29, 1.82) is 0 Å². The van der Waals surface area contributed by atoms with Gasteiger partial charge in [-0.25, -0.2) is 0 Å². The number of amides is 2. The Hall–Kier alpha value is -3.78. The highest BCUT2D eigenvalue weighted by Crippen LogP contribution is 2.16. The van der Waals surface area contributed by atoms with E-state index in [2.05, 4.69) is 26.6 Å². The summed E-state index contributed by atoms with van der Waals surface area (Å²) in [6.45, 7) is 0.264. The lowest BCUT2D eigenvalue weighted by molar-refractivity contribution is -0.384. The SMILES string of the molecule is O=C(NCc1ccccc1)/C(=C/c1cccc([N+](=O)[O-])c1)NC(=O)c1ccc(Br)cc1. The zero-order valence-electron chi connectivity index (χ0n) is 16.2. The third kappa shape index (κ3) is 6.35. The van der Waals surface area contributed by atoms with Gasteiger partial charge in [-0.1, -0.05) is 58.4 Å². The van der Waals surface area contributed by atoms with Crippen molar-refractivity contribution in [3.05, 3.63) is 116 Å². The first kappa shape index (κ1) is 21.9. The predicted molar refractivity (Wildman–Crippen MR) is 121 cm³/mol. The van der Waals surface area contributed by atoms with Crippen LogP contribution in [0.15, 0.2) is 89.0 Å². The zero-order valence-corrected chi connectivity index (χ0v) is 17.8. The molecule has 3 aromatic rings. The van der Waals surface area contributed by atoms with E-state index < -0.39 is 16.7 Å². The van der Waals surface area contributed by atoms with Gasteiger partial charge in [-0.2, -0.15) is 0 Å². The fraction of sp³-hybridized carbons (Fsp3) is 0.0435. The number of benzene rings is 3. The summed E-state index contributed by atoms with van der Waals surface area (Å²) in [4.78, 5) is 36.0. The number of nitrogens with zero attached hydrogens (tertiary/aromatic N) is 1. The van der Waals surface area contributed by atoms with E-state index in [9.17, 15) is 19.7 Å². The summed E-state index contributed by atoms with van der Waals surface area (Å²) in [6.07, 6.45) is 1.41. The monoisotopic (exact) mass is 479 g/mol. The second-order valence-corrected chi connectivity index (χ2v) is 7.46. The number of carbonyl (C=O) groups excluding carboxylic acids is 2. The molecule has 3 aromatic carbocycles. The fourth-order valence-electron chi connectivity index (χ4n) is 2.72. The minimum Gasteiger partial charge on any atom is -0.347 e. The van der Waals surface area contributed by atoms with Gasteiger partial charge in [0.2, 0.25) is 0 Å². The quantitative estimate of drug-likeness (QED) is 0.297. The van der Waals surface area contributed by atoms with E-state index in [0.717, 1.165) is 10.0 Å². The van der Waals surface area contributed by atoms with Crippen LogP contribution in [-0.4, -0.2) is 16.7 Å². The van der Waals surface area contributed by atoms with E-state index in [4.69, 9.17) is 0 Å². The Morgan fingerprint density at radius 1 is 0.968 bits per heavy atom. The van der Waals surface area contributed by atoms with E-state index in [-0.39, 0.29) is 17.9 Å². The first-order valence-corrected chi connectivity index (χ1v) is 10.1. The van der Waals surface area contributed by atoms with Crippen molar-refractivity contribution >= 4 is 39.5 Å². The van der Waals surface area contributed by atoms with Crippen molar-refractivity contribution in [2.75, 3.05) is 0 Å². The summed E-state index contributed by atoms with van der Waals surface area (Å²) >= 11 is 3.31. The lowest BCUT2D eigenvalue weighted by Gasteiger charge is -2.11. The molecule has 0 bridgehead atoms. The number of nitrogens with one attached hydrogen (secondary N) is 2. The van der Waals surface area contributed by atoms with Gasteiger partial charge in [0, 0.05) is 28.7 Å². The van der Waals surface area contributed by atoms with Crippen molar-refractivity contribution in [1.82, 2.24) is 10.6 Å². The van der Waals surface area contributed by atoms with Crippen LogP contribution in [0, 0.1) is 10.1 Å². The highest BCUT2D eigenvalue weighted by molar-refractivity contribution is 9.10. The summed E-state index contributed by atoms with van der Waals surface area (Å²) in [5.74, 6) is -0.986. The Bertz CT molecular complexity index is 1130. The van der Waals surface area contributed by atoms with Gasteiger partial charge in [-0.05, 0) is 41.5 Å². The van der Waals surface area contributed by atoms with E-state index in [1.807, 2.05) is 30.3 Å². The van der Waals surface area contributed by atoms with Gasteiger partial charge in [0.1, 0.15) is 5.70 Å². The average Bonchev–Trinajstić information content (AvgIpc) is 2.78. The van der Waals surface area contributed by atoms with Crippen LogP contribution in [0.2, 0.25) is 0 Å². The number of carbonyl (C=O) groups is 2. The molecule has 31 heavy (non-hydrogen) atoms. The number of nitro benzene ring substituents is 1. The van der Waals surface area contributed by atoms with Gasteiger partial charge in [-0.3, -0.25) is 19.7 Å². The maximum absolute atomic E-state index is 12.8. The third-order valence-corrected chi connectivity index (χ3v) is 4.82. The summed E-state index contributed by atoms with van der Waals surface area (Å²) in [6, 6.07) is 21.8. The molecule has 0 spiro atoms. The Labute approximate surface area is 187 Å². The summed E-state index contributed by atoms with van der Waals surface area (Å²) < 4.78 is 0.817. The molecule has 8 heteroatoms. The van der Waals surface area contributed by atoms with Gasteiger partial charge >= 0.3 is 0 Å². The van der Waals surface area contributed by atoms with Crippen molar-refractivity contribution < 1.29 is 14.5 Å². The van der Waals surface area contributed by atoms with Gasteiger partial charge in [0.15, 0.2) is 0 Å². The van der Waals surface area contributed by atoms with Crippen molar-refractivity contribution in [2.24, 2.45) is 0 Å². The molecular weight excluding hydrogens is 462 g/mol. The predicted octanol–water partition coefficient (Wildman–Crippen LogP) is 4.44. The molecule has 0 aliphatic carbocycles. The molecule has 0 radical (unpaired) electrons. The van der Waals surface area contributed by atoms with Crippen LogP contribution in [0.5, 0.6) is 0 Å². The van der Waals surface area contributed by atoms with Crippen LogP contribution in [-0.2, 0) is 11.3 Å². The van der Waals surface area contributed by atoms with Gasteiger partial charge in [0.25, 0.3) is 17.5 Å². The topological polar surface area (TPSA) is 101 Å². The molecule has 156 valence electrons. The molecule has 0 aromatic heterocycles. The zero-order chi connectivity index (χ0) is 22.2. The number of halogens is 1. The van der Waals surface area contributed by atoms with Gasteiger partial charge in [-0.15, -0.1) is 0 Å². The van der Waals surface area contributed by atoms with Crippen LogP contribution < -0.4 is 10.6 Å². The summed E-state index contributed by atoms with van der Waals surface area (Å²) in [5, 5.41) is 16.4. The van der Waals surface area contributed by atoms with Crippen molar-refractivity contribution in [3.8, 4) is 0 Å². The molecular formula is C23H18BrN3O4. The van der Waals surface area contributed by atoms with Crippen LogP contribution in [0.3, 0.4) is 0 Å². The average molecular weight is 480 g/mol. The summed E-state index contributed by atoms with van der Waals surface area (Å²) in [5.41, 5.74) is 1.53. The highest BCUT2D eigenvalue weighted by Gasteiger charge is 2.15. The second kappa shape index (κ2) is 10.3. The Morgan fingerprint density at radius 3 is 2.35 bits per heavy atom.